The Morgan fingerprint density at radius 2 is 2.21 bits per heavy atom. The Balaban J connectivity index is 1.78. The number of anilines is 1. The third-order valence-corrected chi connectivity index (χ3v) is 3.02. The number of nitrogens with one attached hydrogen (secondary N) is 2. The smallest absolute Gasteiger partial charge is 0.262 e. The van der Waals surface area contributed by atoms with Gasteiger partial charge in [0.2, 0.25) is 0 Å². The summed E-state index contributed by atoms with van der Waals surface area (Å²) in [4.78, 5) is 11.2. The van der Waals surface area contributed by atoms with Gasteiger partial charge in [0.05, 0.1) is 5.69 Å². The average molecular weight is 264 g/mol. The van der Waals surface area contributed by atoms with Crippen molar-refractivity contribution in [1.82, 2.24) is 5.32 Å². The van der Waals surface area contributed by atoms with Crippen molar-refractivity contribution in [1.29, 1.82) is 0 Å². The number of fused-ring (bicyclic) bond motifs is 1. The van der Waals surface area contributed by atoms with Crippen LogP contribution in [0.3, 0.4) is 0 Å². The van der Waals surface area contributed by atoms with Gasteiger partial charge in [0.1, 0.15) is 5.75 Å². The Bertz CT molecular complexity index is 435. The second kappa shape index (κ2) is 7.11. The zero-order valence-electron chi connectivity index (χ0n) is 10.9. The first-order chi connectivity index (χ1) is 9.29. The number of amides is 1. The number of carbonyl (C=O) groups is 1. The minimum atomic E-state index is -0.110. The normalized spacial score (nSPS) is 13.6. The predicted molar refractivity (Wildman–Crippen MR) is 73.2 cm³/mol. The first-order valence-electron chi connectivity index (χ1n) is 6.67. The van der Waals surface area contributed by atoms with Crippen LogP contribution in [0.1, 0.15) is 24.8 Å². The van der Waals surface area contributed by atoms with Gasteiger partial charge in [-0.05, 0) is 43.5 Å². The molecule has 2 rings (SSSR count). The Kier molecular flexibility index (Phi) is 5.18. The van der Waals surface area contributed by atoms with Crippen LogP contribution >= 0.6 is 0 Å². The zero-order chi connectivity index (χ0) is 13.5. The molecule has 0 bridgehead atoms. The largest absolute Gasteiger partial charge is 0.482 e. The van der Waals surface area contributed by atoms with Gasteiger partial charge in [-0.2, -0.15) is 0 Å². The quantitative estimate of drug-likeness (QED) is 0.649. The molecule has 1 heterocycles. The number of ether oxygens (including phenoxy) is 1. The molecule has 19 heavy (non-hydrogen) atoms. The van der Waals surface area contributed by atoms with Gasteiger partial charge in [-0.25, -0.2) is 0 Å². The highest BCUT2D eigenvalue weighted by Crippen LogP contribution is 2.28. The molecule has 3 N–H and O–H groups in total. The highest BCUT2D eigenvalue weighted by Gasteiger charge is 2.15. The summed E-state index contributed by atoms with van der Waals surface area (Å²) in [6.07, 6.45) is 2.97. The maximum Gasteiger partial charge on any atom is 0.262 e. The van der Waals surface area contributed by atoms with Gasteiger partial charge in [0.15, 0.2) is 6.61 Å². The number of unbranched alkanes of at least 4 members (excludes halogenated alkanes) is 2. The molecule has 0 spiro atoms. The summed E-state index contributed by atoms with van der Waals surface area (Å²) in [6, 6.07) is 5.82. The second-order valence-corrected chi connectivity index (χ2v) is 4.63. The van der Waals surface area contributed by atoms with Crippen molar-refractivity contribution in [2.45, 2.75) is 25.8 Å². The van der Waals surface area contributed by atoms with E-state index in [0.717, 1.165) is 49.4 Å². The standard InChI is InChI=1S/C14H20N2O3/c17-7-3-1-2-6-15-9-11-4-5-13-12(8-11)16-14(18)10-19-13/h4-5,8,15,17H,1-3,6-7,9-10H2,(H,16,18). The molecule has 0 radical (unpaired) electrons. The van der Waals surface area contributed by atoms with Crippen molar-refractivity contribution < 1.29 is 14.6 Å². The molecule has 0 saturated heterocycles. The summed E-state index contributed by atoms with van der Waals surface area (Å²) in [7, 11) is 0. The molecule has 5 nitrogen and oxygen atoms in total. The van der Waals surface area contributed by atoms with Crippen molar-refractivity contribution in [3.63, 3.8) is 0 Å². The Hall–Kier alpha value is -1.59. The first-order valence-corrected chi connectivity index (χ1v) is 6.67. The van der Waals surface area contributed by atoms with Crippen LogP contribution in [0.4, 0.5) is 5.69 Å². The van der Waals surface area contributed by atoms with E-state index in [9.17, 15) is 4.79 Å². The number of rotatable bonds is 7. The van der Waals surface area contributed by atoms with Crippen LogP contribution in [0.25, 0.3) is 0 Å². The topological polar surface area (TPSA) is 70.6 Å². The number of benzene rings is 1. The summed E-state index contributed by atoms with van der Waals surface area (Å²) in [5.74, 6) is 0.618. The molecule has 0 atom stereocenters. The van der Waals surface area contributed by atoms with E-state index >= 15 is 0 Å². The summed E-state index contributed by atoms with van der Waals surface area (Å²) in [6.45, 7) is 2.06. The second-order valence-electron chi connectivity index (χ2n) is 4.63. The highest BCUT2D eigenvalue weighted by molar-refractivity contribution is 5.95. The molecule has 1 aliphatic heterocycles. The minimum absolute atomic E-state index is 0.0927. The number of carbonyl (C=O) groups excluding carboxylic acids is 1. The summed E-state index contributed by atoms with van der Waals surface area (Å²) in [5, 5.41) is 14.8. The number of aliphatic hydroxyl groups excluding tert-OH is 1. The fraction of sp³-hybridized carbons (Fsp3) is 0.500. The van der Waals surface area contributed by atoms with E-state index < -0.39 is 0 Å². The van der Waals surface area contributed by atoms with Crippen molar-refractivity contribution in [3.05, 3.63) is 23.8 Å². The SMILES string of the molecule is O=C1COc2ccc(CNCCCCCO)cc2N1. The molecule has 5 heteroatoms. The van der Waals surface area contributed by atoms with Gasteiger partial charge in [0.25, 0.3) is 5.91 Å². The molecule has 0 unspecified atom stereocenters. The highest BCUT2D eigenvalue weighted by atomic mass is 16.5. The lowest BCUT2D eigenvalue weighted by Crippen LogP contribution is -2.25. The molecule has 1 aromatic rings. The zero-order valence-corrected chi connectivity index (χ0v) is 10.9. The van der Waals surface area contributed by atoms with Gasteiger partial charge in [-0.1, -0.05) is 6.07 Å². The third-order valence-electron chi connectivity index (χ3n) is 3.02. The molecule has 0 aromatic heterocycles. The van der Waals surface area contributed by atoms with Gasteiger partial charge >= 0.3 is 0 Å². The van der Waals surface area contributed by atoms with E-state index in [1.165, 1.54) is 0 Å². The summed E-state index contributed by atoms with van der Waals surface area (Å²) in [5.41, 5.74) is 1.86. The van der Waals surface area contributed by atoms with E-state index in [1.807, 2.05) is 18.2 Å². The van der Waals surface area contributed by atoms with Gasteiger partial charge in [0, 0.05) is 13.2 Å². The van der Waals surface area contributed by atoms with Crippen LogP contribution in [-0.2, 0) is 11.3 Å². The number of hydrogen-bond acceptors (Lipinski definition) is 4. The van der Waals surface area contributed by atoms with Crippen LogP contribution in [-0.4, -0.2) is 30.8 Å². The lowest BCUT2D eigenvalue weighted by atomic mass is 10.1. The predicted octanol–water partition coefficient (Wildman–Crippen LogP) is 1.27. The lowest BCUT2D eigenvalue weighted by Gasteiger charge is -2.18. The maximum absolute atomic E-state index is 11.2. The fourth-order valence-corrected chi connectivity index (χ4v) is 2.01. The van der Waals surface area contributed by atoms with Gasteiger partial charge < -0.3 is 20.5 Å². The molecule has 1 aliphatic rings. The van der Waals surface area contributed by atoms with Crippen molar-refractivity contribution in [2.75, 3.05) is 25.1 Å². The van der Waals surface area contributed by atoms with Crippen LogP contribution in [0.5, 0.6) is 5.75 Å². The fourth-order valence-electron chi connectivity index (χ4n) is 2.01. The molecule has 0 saturated carbocycles. The van der Waals surface area contributed by atoms with Gasteiger partial charge in [-0.3, -0.25) is 4.79 Å². The Morgan fingerprint density at radius 3 is 3.05 bits per heavy atom. The van der Waals surface area contributed by atoms with E-state index in [4.69, 9.17) is 9.84 Å². The minimum Gasteiger partial charge on any atom is -0.482 e. The van der Waals surface area contributed by atoms with E-state index in [0.29, 0.717) is 0 Å². The Labute approximate surface area is 113 Å². The maximum atomic E-state index is 11.2. The molecule has 0 fully saturated rings. The Morgan fingerprint density at radius 1 is 1.32 bits per heavy atom. The lowest BCUT2D eigenvalue weighted by molar-refractivity contribution is -0.118. The molecular formula is C14H20N2O3. The van der Waals surface area contributed by atoms with E-state index in [1.54, 1.807) is 0 Å². The molecular weight excluding hydrogens is 244 g/mol. The molecule has 1 amide bonds. The monoisotopic (exact) mass is 264 g/mol. The number of hydrogen-bond donors (Lipinski definition) is 3. The molecule has 1 aromatic carbocycles. The average Bonchev–Trinajstić information content (AvgIpc) is 2.42. The van der Waals surface area contributed by atoms with Gasteiger partial charge in [-0.15, -0.1) is 0 Å². The van der Waals surface area contributed by atoms with Crippen LogP contribution in [0.15, 0.2) is 18.2 Å². The van der Waals surface area contributed by atoms with Crippen LogP contribution < -0.4 is 15.4 Å². The van der Waals surface area contributed by atoms with Crippen LogP contribution in [0, 0.1) is 0 Å². The van der Waals surface area contributed by atoms with Crippen molar-refractivity contribution in [2.24, 2.45) is 0 Å². The summed E-state index contributed by atoms with van der Waals surface area (Å²) >= 11 is 0. The van der Waals surface area contributed by atoms with E-state index in [-0.39, 0.29) is 19.1 Å². The van der Waals surface area contributed by atoms with Crippen LogP contribution in [0.2, 0.25) is 0 Å². The number of aliphatic hydroxyl groups is 1. The molecule has 0 aliphatic carbocycles. The first kappa shape index (κ1) is 13.8. The van der Waals surface area contributed by atoms with Crippen molar-refractivity contribution >= 4 is 11.6 Å². The molecule has 104 valence electrons. The summed E-state index contributed by atoms with van der Waals surface area (Å²) < 4.78 is 5.30. The third kappa shape index (κ3) is 4.22. The van der Waals surface area contributed by atoms with E-state index in [2.05, 4.69) is 10.6 Å². The van der Waals surface area contributed by atoms with Crippen molar-refractivity contribution in [3.8, 4) is 5.75 Å².